The molecule has 0 saturated carbocycles. The molecule has 7 rings (SSSR count). The monoisotopic (exact) mass is 551 g/mol. The van der Waals surface area contributed by atoms with Crippen molar-refractivity contribution in [3.63, 3.8) is 0 Å². The van der Waals surface area contributed by atoms with Gasteiger partial charge in [0.2, 0.25) is 0 Å². The van der Waals surface area contributed by atoms with Crippen LogP contribution in [0.3, 0.4) is 0 Å². The maximum absolute atomic E-state index is 14.0. The van der Waals surface area contributed by atoms with Crippen LogP contribution in [0.5, 0.6) is 0 Å². The molecule has 4 aliphatic rings. The lowest BCUT2D eigenvalue weighted by molar-refractivity contribution is -0.939. The number of piperidine rings is 4. The van der Waals surface area contributed by atoms with Crippen molar-refractivity contribution in [2.24, 2.45) is 5.92 Å². The Morgan fingerprint density at radius 2 is 1.85 bits per heavy atom. The molecule has 2 bridgehead atoms. The van der Waals surface area contributed by atoms with Gasteiger partial charge in [-0.15, -0.1) is 0 Å². The maximum atomic E-state index is 14.0. The number of hydrogen-bond donors (Lipinski definition) is 2. The van der Waals surface area contributed by atoms with Crippen LogP contribution in [-0.2, 0) is 19.9 Å². The van der Waals surface area contributed by atoms with Crippen molar-refractivity contribution in [1.29, 1.82) is 0 Å². The Balaban J connectivity index is 0.00000308. The molecule has 39 heavy (non-hydrogen) atoms. The first-order valence-corrected chi connectivity index (χ1v) is 14.0. The molecular weight excluding hydrogens is 514 g/mol. The Morgan fingerprint density at radius 1 is 1.10 bits per heavy atom. The number of benzene rings is 2. The van der Waals surface area contributed by atoms with Crippen molar-refractivity contribution < 1.29 is 31.2 Å². The molecule has 4 fully saturated rings. The Morgan fingerprint density at radius 3 is 2.59 bits per heavy atom. The number of aromatic amines is 1. The minimum absolute atomic E-state index is 0. The third-order valence-corrected chi connectivity index (χ3v) is 9.22. The maximum Gasteiger partial charge on any atom is 0.331 e. The molecule has 8 nitrogen and oxygen atoms in total. The summed E-state index contributed by atoms with van der Waals surface area (Å²) < 4.78 is 7.10. The van der Waals surface area contributed by atoms with Crippen LogP contribution in [0.1, 0.15) is 44.6 Å². The van der Waals surface area contributed by atoms with Crippen LogP contribution in [-0.4, -0.2) is 76.8 Å². The molecule has 4 saturated heterocycles. The molecule has 9 heteroatoms. The highest BCUT2D eigenvalue weighted by Gasteiger charge is 2.51. The fourth-order valence-electron chi connectivity index (χ4n) is 6.89. The first kappa shape index (κ1) is 27.6. The van der Waals surface area contributed by atoms with Gasteiger partial charge in [0.15, 0.2) is 12.6 Å². The van der Waals surface area contributed by atoms with Crippen molar-refractivity contribution in [3.05, 3.63) is 60.3 Å². The molecule has 2 aromatic carbocycles. The number of quaternary nitrogens is 1. The number of nitrogens with zero attached hydrogens (tertiary/aromatic N) is 3. The summed E-state index contributed by atoms with van der Waals surface area (Å²) >= 11 is 0. The van der Waals surface area contributed by atoms with Gasteiger partial charge in [-0.2, -0.15) is 5.10 Å². The highest BCUT2D eigenvalue weighted by atomic mass is 35.5. The molecule has 2 N–H and O–H groups in total. The second kappa shape index (κ2) is 11.3. The summed E-state index contributed by atoms with van der Waals surface area (Å²) in [7, 11) is 0. The number of carbonyl (C=O) groups excluding carboxylic acids is 2. The van der Waals surface area contributed by atoms with Crippen molar-refractivity contribution in [1.82, 2.24) is 15.1 Å². The lowest BCUT2D eigenvalue weighted by Crippen LogP contribution is -3.00. The Hall–Kier alpha value is -2.94. The predicted octanol–water partition coefficient (Wildman–Crippen LogP) is 1.06. The third kappa shape index (κ3) is 5.42. The average molecular weight is 552 g/mol. The van der Waals surface area contributed by atoms with Crippen LogP contribution in [0.15, 0.2) is 54.7 Å². The van der Waals surface area contributed by atoms with E-state index in [1.165, 1.54) is 6.42 Å². The molecule has 0 radical (unpaired) electrons. The molecular formula is C30H38ClN5O3. The Bertz CT molecular complexity index is 1300. The quantitative estimate of drug-likeness (QED) is 0.339. The van der Waals surface area contributed by atoms with E-state index in [-0.39, 0.29) is 30.4 Å². The Kier molecular flexibility index (Phi) is 7.99. The standard InChI is InChI=1S/C30H37N5O3.ClH/c1-30(24-8-4-2-5-9-24,34-14-6-3-7-15-34)29(37)38-27-20-35(16-12-22(27)13-17-35)21-28(36)32-25-10-11-26-23(18-25)19-31-33-26;/h2,4-5,8-11,18-19,22,27H,3,6-7,12-17,20-21H2,1H3,(H-,31,32,33,36);1H/t22?,27-,30-,35?;/m0./s1. The van der Waals surface area contributed by atoms with Gasteiger partial charge in [0.05, 0.1) is 24.8 Å². The summed E-state index contributed by atoms with van der Waals surface area (Å²) in [4.78, 5) is 29.5. The van der Waals surface area contributed by atoms with Gasteiger partial charge in [-0.25, -0.2) is 4.79 Å². The van der Waals surface area contributed by atoms with E-state index >= 15 is 0 Å². The number of hydrogen-bond acceptors (Lipinski definition) is 5. The van der Waals surface area contributed by atoms with Crippen LogP contribution in [0.2, 0.25) is 0 Å². The van der Waals surface area contributed by atoms with Gasteiger partial charge in [0.25, 0.3) is 5.91 Å². The zero-order chi connectivity index (χ0) is 26.2. The minimum atomic E-state index is -0.804. The number of aromatic nitrogens is 2. The number of ether oxygens (including phenoxy) is 1. The first-order chi connectivity index (χ1) is 18.5. The van der Waals surface area contributed by atoms with Gasteiger partial charge in [0.1, 0.15) is 12.1 Å². The van der Waals surface area contributed by atoms with Crippen LogP contribution < -0.4 is 17.7 Å². The molecule has 0 spiro atoms. The van der Waals surface area contributed by atoms with Gasteiger partial charge in [-0.05, 0) is 56.6 Å². The number of esters is 1. The van der Waals surface area contributed by atoms with Crippen molar-refractivity contribution in [3.8, 4) is 0 Å². The predicted molar refractivity (Wildman–Crippen MR) is 146 cm³/mol. The zero-order valence-corrected chi connectivity index (χ0v) is 23.3. The molecule has 2 atom stereocenters. The summed E-state index contributed by atoms with van der Waals surface area (Å²) in [6.45, 7) is 6.84. The fourth-order valence-corrected chi connectivity index (χ4v) is 6.89. The highest BCUT2D eigenvalue weighted by molar-refractivity contribution is 5.94. The van der Waals surface area contributed by atoms with E-state index in [2.05, 4.69) is 20.4 Å². The molecule has 0 aliphatic carbocycles. The van der Waals surface area contributed by atoms with Crippen molar-refractivity contribution in [2.75, 3.05) is 44.6 Å². The number of rotatable bonds is 7. The van der Waals surface area contributed by atoms with E-state index in [0.717, 1.165) is 74.0 Å². The third-order valence-electron chi connectivity index (χ3n) is 9.22. The molecule has 3 aromatic rings. The SMILES string of the molecule is C[C@@](C(=O)O[C@H]1C[N+]2(CC(=O)Nc3ccc4[nH]ncc4c3)CCC1CC2)(c1ccccc1)N1CCCCC1.[Cl-]. The number of carbonyl (C=O) groups is 2. The number of fused-ring (bicyclic) bond motifs is 4. The smallest absolute Gasteiger partial charge is 0.331 e. The van der Waals surface area contributed by atoms with E-state index in [1.807, 2.05) is 55.5 Å². The number of anilines is 1. The van der Waals surface area contributed by atoms with Crippen LogP contribution in [0, 0.1) is 5.92 Å². The normalized spacial score (nSPS) is 26.4. The topological polar surface area (TPSA) is 87.3 Å². The summed E-state index contributed by atoms with van der Waals surface area (Å²) in [6.07, 6.45) is 6.98. The molecule has 5 heterocycles. The summed E-state index contributed by atoms with van der Waals surface area (Å²) in [5.41, 5.74) is 1.91. The summed E-state index contributed by atoms with van der Waals surface area (Å²) in [5.74, 6) is 0.216. The molecule has 1 amide bonds. The van der Waals surface area contributed by atoms with Gasteiger partial charge < -0.3 is 26.9 Å². The number of halogens is 1. The molecule has 0 unspecified atom stereocenters. The van der Waals surface area contributed by atoms with E-state index in [4.69, 9.17) is 4.74 Å². The largest absolute Gasteiger partial charge is 1.00 e. The molecule has 1 aromatic heterocycles. The van der Waals surface area contributed by atoms with Crippen LogP contribution in [0.25, 0.3) is 10.9 Å². The van der Waals surface area contributed by atoms with Crippen molar-refractivity contribution in [2.45, 2.75) is 50.7 Å². The number of H-pyrrole nitrogens is 1. The molecule has 208 valence electrons. The molecule has 4 aliphatic heterocycles. The lowest BCUT2D eigenvalue weighted by atomic mass is 9.82. The van der Waals surface area contributed by atoms with E-state index in [9.17, 15) is 9.59 Å². The number of likely N-dealkylation sites (tertiary alicyclic amines) is 1. The van der Waals surface area contributed by atoms with E-state index < -0.39 is 5.54 Å². The van der Waals surface area contributed by atoms with Gasteiger partial charge in [0, 0.05) is 29.8 Å². The second-order valence-electron chi connectivity index (χ2n) is 11.6. The summed E-state index contributed by atoms with van der Waals surface area (Å²) in [5, 5.41) is 11.0. The van der Waals surface area contributed by atoms with Gasteiger partial charge in [-0.3, -0.25) is 14.8 Å². The van der Waals surface area contributed by atoms with E-state index in [0.29, 0.717) is 23.5 Å². The van der Waals surface area contributed by atoms with Crippen LogP contribution in [0.4, 0.5) is 5.69 Å². The van der Waals surface area contributed by atoms with Gasteiger partial charge >= 0.3 is 5.97 Å². The van der Waals surface area contributed by atoms with E-state index in [1.54, 1.807) is 6.20 Å². The average Bonchev–Trinajstić information content (AvgIpc) is 3.42. The minimum Gasteiger partial charge on any atom is -1.00 e. The zero-order valence-electron chi connectivity index (χ0n) is 22.6. The lowest BCUT2D eigenvalue weighted by Gasteiger charge is -2.52. The highest BCUT2D eigenvalue weighted by Crippen LogP contribution is 2.38. The number of nitrogens with one attached hydrogen (secondary N) is 2. The second-order valence-corrected chi connectivity index (χ2v) is 11.6. The fraction of sp³-hybridized carbons (Fsp3) is 0.500. The summed E-state index contributed by atoms with van der Waals surface area (Å²) in [6, 6.07) is 15.9. The first-order valence-electron chi connectivity index (χ1n) is 14.0. The van der Waals surface area contributed by atoms with Crippen LogP contribution >= 0.6 is 0 Å². The Labute approximate surface area is 236 Å². The van der Waals surface area contributed by atoms with Gasteiger partial charge in [-0.1, -0.05) is 36.8 Å². The number of amides is 1. The van der Waals surface area contributed by atoms with Crippen molar-refractivity contribution >= 4 is 28.5 Å².